The van der Waals surface area contributed by atoms with E-state index in [4.69, 9.17) is 0 Å². The molecule has 19 heavy (non-hydrogen) atoms. The van der Waals surface area contributed by atoms with Gasteiger partial charge in [-0.05, 0) is 28.7 Å². The first-order valence-electron chi connectivity index (χ1n) is 4.22. The number of hydrogen-bond acceptors (Lipinski definition) is 3. The molecule has 0 aliphatic carbocycles. The third-order valence-electron chi connectivity index (χ3n) is 1.78. The summed E-state index contributed by atoms with van der Waals surface area (Å²) >= 11 is 1.22. The quantitative estimate of drug-likeness (QED) is 0.325. The Labute approximate surface area is 114 Å². The van der Waals surface area contributed by atoms with Gasteiger partial charge in [-0.2, -0.15) is 13.2 Å². The minimum Gasteiger partial charge on any atom is -0.405 e. The molecule has 1 aromatic rings. The Bertz CT molecular complexity index is 512. The lowest BCUT2D eigenvalue weighted by atomic mass is 10.1. The van der Waals surface area contributed by atoms with Crippen LogP contribution in [0.15, 0.2) is 12.1 Å². The van der Waals surface area contributed by atoms with Crippen LogP contribution in [0.5, 0.6) is 5.75 Å². The summed E-state index contributed by atoms with van der Waals surface area (Å²) < 4.78 is 76.2. The van der Waals surface area contributed by atoms with Crippen LogP contribution in [0.25, 0.3) is 0 Å². The van der Waals surface area contributed by atoms with Gasteiger partial charge in [-0.25, -0.2) is 0 Å². The molecule has 0 amide bonds. The van der Waals surface area contributed by atoms with Gasteiger partial charge in [0.15, 0.2) is 0 Å². The van der Waals surface area contributed by atoms with Crippen LogP contribution < -0.4 is 4.74 Å². The molecule has 106 valence electrons. The maximum absolute atomic E-state index is 12.5. The lowest BCUT2D eigenvalue weighted by Gasteiger charge is -2.15. The number of nitro benzene ring substituents is 1. The van der Waals surface area contributed by atoms with Gasteiger partial charge in [0, 0.05) is 0 Å². The molecule has 1 aromatic carbocycles. The highest BCUT2D eigenvalue weighted by molar-refractivity contribution is 14.1. The molecular weight excluding hydrogens is 399 g/mol. The zero-order chi connectivity index (χ0) is 15.0. The summed E-state index contributed by atoms with van der Waals surface area (Å²) in [4.78, 5) is 9.38. The number of ether oxygens (including phenoxy) is 1. The van der Waals surface area contributed by atoms with E-state index < -0.39 is 38.0 Å². The number of halogens is 7. The highest BCUT2D eigenvalue weighted by Crippen LogP contribution is 2.42. The fourth-order valence-electron chi connectivity index (χ4n) is 1.11. The summed E-state index contributed by atoms with van der Waals surface area (Å²) in [6.07, 6.45) is -10.5. The standard InChI is InChI=1S/C8H2F6INO3/c9-7(10,11)3-1-4(15)5(16(17)18)2-6(3)19-8(12,13)14/h1-2H. The smallest absolute Gasteiger partial charge is 0.405 e. The number of alkyl halides is 6. The van der Waals surface area contributed by atoms with Gasteiger partial charge in [0.1, 0.15) is 5.75 Å². The third kappa shape index (κ3) is 4.11. The summed E-state index contributed by atoms with van der Waals surface area (Å²) in [6.45, 7) is 0. The van der Waals surface area contributed by atoms with Crippen molar-refractivity contribution in [2.75, 3.05) is 0 Å². The average Bonchev–Trinajstić information content (AvgIpc) is 2.15. The SMILES string of the molecule is O=[N+]([O-])c1cc(OC(F)(F)F)c(C(F)(F)F)cc1I. The Hall–Kier alpha value is -1.27. The van der Waals surface area contributed by atoms with Crippen LogP contribution in [-0.4, -0.2) is 11.3 Å². The van der Waals surface area contributed by atoms with E-state index in [0.717, 1.165) is 0 Å². The van der Waals surface area contributed by atoms with Crippen LogP contribution in [0, 0.1) is 13.7 Å². The molecule has 0 saturated heterocycles. The maximum Gasteiger partial charge on any atom is 0.573 e. The van der Waals surface area contributed by atoms with Crippen molar-refractivity contribution in [3.05, 3.63) is 31.4 Å². The van der Waals surface area contributed by atoms with E-state index in [0.29, 0.717) is 0 Å². The zero-order valence-electron chi connectivity index (χ0n) is 8.47. The van der Waals surface area contributed by atoms with Crippen molar-refractivity contribution in [2.45, 2.75) is 12.5 Å². The number of nitro groups is 1. The fourth-order valence-corrected chi connectivity index (χ4v) is 1.78. The van der Waals surface area contributed by atoms with Gasteiger partial charge in [-0.3, -0.25) is 10.1 Å². The van der Waals surface area contributed by atoms with Crippen molar-refractivity contribution in [3.63, 3.8) is 0 Å². The van der Waals surface area contributed by atoms with E-state index in [1.54, 1.807) is 0 Å². The van der Waals surface area contributed by atoms with E-state index >= 15 is 0 Å². The third-order valence-corrected chi connectivity index (χ3v) is 2.64. The van der Waals surface area contributed by atoms with Gasteiger partial charge in [-0.15, -0.1) is 13.2 Å². The van der Waals surface area contributed by atoms with E-state index in [1.165, 1.54) is 22.6 Å². The zero-order valence-corrected chi connectivity index (χ0v) is 10.6. The Kier molecular flexibility index (Phi) is 4.17. The molecule has 0 bridgehead atoms. The summed E-state index contributed by atoms with van der Waals surface area (Å²) in [5.41, 5.74) is -2.65. The Morgan fingerprint density at radius 3 is 2.05 bits per heavy atom. The lowest BCUT2D eigenvalue weighted by molar-refractivity contribution is -0.386. The minimum atomic E-state index is -5.39. The molecule has 0 radical (unpaired) electrons. The molecular formula is C8H2F6INO3. The fraction of sp³-hybridized carbons (Fsp3) is 0.250. The molecule has 0 atom stereocenters. The van der Waals surface area contributed by atoms with Crippen LogP contribution in [0.3, 0.4) is 0 Å². The second-order valence-corrected chi connectivity index (χ2v) is 4.26. The van der Waals surface area contributed by atoms with E-state index in [2.05, 4.69) is 4.74 Å². The summed E-state index contributed by atoms with van der Waals surface area (Å²) in [5.74, 6) is -1.66. The first kappa shape index (κ1) is 15.8. The molecule has 0 aromatic heterocycles. The first-order valence-corrected chi connectivity index (χ1v) is 5.30. The molecule has 0 unspecified atom stereocenters. The number of benzene rings is 1. The summed E-state index contributed by atoms with van der Waals surface area (Å²) in [5, 5.41) is 10.5. The maximum atomic E-state index is 12.5. The van der Waals surface area contributed by atoms with Crippen molar-refractivity contribution in [1.82, 2.24) is 0 Å². The predicted octanol–water partition coefficient (Wildman–Crippen LogP) is 4.12. The van der Waals surface area contributed by atoms with Crippen LogP contribution in [0.2, 0.25) is 0 Å². The lowest BCUT2D eigenvalue weighted by Crippen LogP contribution is -2.20. The van der Waals surface area contributed by atoms with Crippen molar-refractivity contribution in [3.8, 4) is 5.75 Å². The van der Waals surface area contributed by atoms with E-state index in [9.17, 15) is 36.5 Å². The van der Waals surface area contributed by atoms with Crippen molar-refractivity contribution >= 4 is 28.3 Å². The van der Waals surface area contributed by atoms with Gasteiger partial charge in [0.25, 0.3) is 5.69 Å². The van der Waals surface area contributed by atoms with Crippen LogP contribution in [0.1, 0.15) is 5.56 Å². The molecule has 11 heteroatoms. The average molecular weight is 401 g/mol. The van der Waals surface area contributed by atoms with Gasteiger partial charge in [0.05, 0.1) is 20.1 Å². The topological polar surface area (TPSA) is 52.4 Å². The van der Waals surface area contributed by atoms with E-state index in [-0.39, 0.29) is 12.1 Å². The molecule has 4 nitrogen and oxygen atoms in total. The molecule has 0 saturated carbocycles. The highest BCUT2D eigenvalue weighted by Gasteiger charge is 2.41. The van der Waals surface area contributed by atoms with Crippen molar-refractivity contribution in [1.29, 1.82) is 0 Å². The first-order chi connectivity index (χ1) is 8.42. The number of hydrogen-bond donors (Lipinski definition) is 0. The summed E-state index contributed by atoms with van der Waals surface area (Å²) in [7, 11) is 0. The number of rotatable bonds is 2. The van der Waals surface area contributed by atoms with Crippen LogP contribution in [0.4, 0.5) is 32.0 Å². The Balaban J connectivity index is 3.46. The molecule has 1 rings (SSSR count). The second-order valence-electron chi connectivity index (χ2n) is 3.10. The van der Waals surface area contributed by atoms with Crippen LogP contribution >= 0.6 is 22.6 Å². The van der Waals surface area contributed by atoms with Gasteiger partial charge >= 0.3 is 12.5 Å². The van der Waals surface area contributed by atoms with Crippen LogP contribution in [-0.2, 0) is 6.18 Å². The minimum absolute atomic E-state index is 0.0953. The normalized spacial score (nSPS) is 12.4. The molecule has 0 heterocycles. The largest absolute Gasteiger partial charge is 0.573 e. The van der Waals surface area contributed by atoms with Crippen molar-refractivity contribution < 1.29 is 36.0 Å². The van der Waals surface area contributed by atoms with E-state index in [1.807, 2.05) is 0 Å². The molecule has 0 N–H and O–H groups in total. The molecule has 0 fully saturated rings. The Morgan fingerprint density at radius 1 is 1.16 bits per heavy atom. The van der Waals surface area contributed by atoms with Crippen molar-refractivity contribution in [2.24, 2.45) is 0 Å². The summed E-state index contributed by atoms with van der Waals surface area (Å²) in [6, 6.07) is 0.317. The number of nitrogens with zero attached hydrogens (tertiary/aromatic N) is 1. The Morgan fingerprint density at radius 2 is 1.68 bits per heavy atom. The van der Waals surface area contributed by atoms with Gasteiger partial charge in [-0.1, -0.05) is 0 Å². The second kappa shape index (κ2) is 5.02. The molecule has 0 aliphatic heterocycles. The van der Waals surface area contributed by atoms with Gasteiger partial charge < -0.3 is 4.74 Å². The monoisotopic (exact) mass is 401 g/mol. The molecule has 0 spiro atoms. The van der Waals surface area contributed by atoms with Gasteiger partial charge in [0.2, 0.25) is 0 Å². The molecule has 0 aliphatic rings. The predicted molar refractivity (Wildman–Crippen MR) is 57.5 cm³/mol. The highest BCUT2D eigenvalue weighted by atomic mass is 127.